The lowest BCUT2D eigenvalue weighted by atomic mass is 10.2. The Balaban J connectivity index is 2.97. The van der Waals surface area contributed by atoms with Crippen LogP contribution in [-0.2, 0) is 0 Å². The van der Waals surface area contributed by atoms with Crippen molar-refractivity contribution in [3.05, 3.63) is 26.5 Å². The molecule has 0 aliphatic carbocycles. The highest BCUT2D eigenvalue weighted by atomic mass is 79.9. The van der Waals surface area contributed by atoms with Gasteiger partial charge in [0.25, 0.3) is 0 Å². The molecule has 0 fully saturated rings. The fourth-order valence-electron chi connectivity index (χ4n) is 1.05. The molecule has 0 unspecified atom stereocenters. The van der Waals surface area contributed by atoms with Crippen LogP contribution in [0.25, 0.3) is 10.1 Å². The standard InChI is InChI=1S/C8H4Br2OS/c9-5-3-6(10)8-4(7(5)11)1-2-12-8/h1-3,11H. The molecule has 0 saturated carbocycles. The van der Waals surface area contributed by atoms with Gasteiger partial charge in [-0.2, -0.15) is 0 Å². The first-order valence-electron chi connectivity index (χ1n) is 3.24. The van der Waals surface area contributed by atoms with E-state index in [1.54, 1.807) is 11.3 Å². The summed E-state index contributed by atoms with van der Waals surface area (Å²) in [4.78, 5) is 0. The van der Waals surface area contributed by atoms with Gasteiger partial charge in [0.05, 0.1) is 9.17 Å². The second kappa shape index (κ2) is 3.01. The van der Waals surface area contributed by atoms with E-state index in [1.807, 2.05) is 17.5 Å². The molecule has 2 aromatic rings. The molecule has 0 saturated heterocycles. The normalized spacial score (nSPS) is 10.8. The Morgan fingerprint density at radius 2 is 2.00 bits per heavy atom. The summed E-state index contributed by atoms with van der Waals surface area (Å²) >= 11 is 8.32. The van der Waals surface area contributed by atoms with Crippen molar-refractivity contribution in [2.45, 2.75) is 0 Å². The number of halogens is 2. The maximum Gasteiger partial charge on any atom is 0.138 e. The molecule has 0 amide bonds. The van der Waals surface area contributed by atoms with Gasteiger partial charge in [-0.15, -0.1) is 11.3 Å². The summed E-state index contributed by atoms with van der Waals surface area (Å²) in [6, 6.07) is 3.76. The zero-order valence-corrected chi connectivity index (χ0v) is 9.83. The lowest BCUT2D eigenvalue weighted by molar-refractivity contribution is 0.478. The van der Waals surface area contributed by atoms with Crippen molar-refractivity contribution in [3.63, 3.8) is 0 Å². The van der Waals surface area contributed by atoms with Crippen LogP contribution in [-0.4, -0.2) is 5.11 Å². The Morgan fingerprint density at radius 1 is 1.25 bits per heavy atom. The van der Waals surface area contributed by atoms with Crippen molar-refractivity contribution in [2.75, 3.05) is 0 Å². The van der Waals surface area contributed by atoms with Crippen LogP contribution >= 0.6 is 43.2 Å². The van der Waals surface area contributed by atoms with E-state index in [0.29, 0.717) is 5.75 Å². The zero-order chi connectivity index (χ0) is 8.72. The Morgan fingerprint density at radius 3 is 2.75 bits per heavy atom. The van der Waals surface area contributed by atoms with Gasteiger partial charge in [0.2, 0.25) is 0 Å². The van der Waals surface area contributed by atoms with Crippen LogP contribution in [0.3, 0.4) is 0 Å². The minimum Gasteiger partial charge on any atom is -0.506 e. The van der Waals surface area contributed by atoms with E-state index in [0.717, 1.165) is 19.0 Å². The van der Waals surface area contributed by atoms with E-state index < -0.39 is 0 Å². The topological polar surface area (TPSA) is 20.2 Å². The van der Waals surface area contributed by atoms with Crippen molar-refractivity contribution < 1.29 is 5.11 Å². The number of hydrogen-bond donors (Lipinski definition) is 1. The molecule has 2 rings (SSSR count). The molecule has 1 aromatic heterocycles. The average molecular weight is 308 g/mol. The SMILES string of the molecule is Oc1c(Br)cc(Br)c2sccc12. The Kier molecular flexibility index (Phi) is 2.14. The highest BCUT2D eigenvalue weighted by Crippen LogP contribution is 2.40. The summed E-state index contributed by atoms with van der Waals surface area (Å²) < 4.78 is 2.81. The summed E-state index contributed by atoms with van der Waals surface area (Å²) in [5.41, 5.74) is 0. The second-order valence-electron chi connectivity index (χ2n) is 2.35. The van der Waals surface area contributed by atoms with Gasteiger partial charge in [0.15, 0.2) is 0 Å². The smallest absolute Gasteiger partial charge is 0.138 e. The number of hydrogen-bond acceptors (Lipinski definition) is 2. The summed E-state index contributed by atoms with van der Waals surface area (Å²) in [5, 5.41) is 12.5. The molecule has 12 heavy (non-hydrogen) atoms. The predicted octanol–water partition coefficient (Wildman–Crippen LogP) is 4.13. The molecule has 0 radical (unpaired) electrons. The van der Waals surface area contributed by atoms with Crippen LogP contribution in [0, 0.1) is 0 Å². The molecule has 0 atom stereocenters. The molecule has 0 bridgehead atoms. The van der Waals surface area contributed by atoms with E-state index >= 15 is 0 Å². The number of fused-ring (bicyclic) bond motifs is 1. The van der Waals surface area contributed by atoms with Gasteiger partial charge in [-0.25, -0.2) is 0 Å². The fraction of sp³-hybridized carbons (Fsp3) is 0. The molecule has 0 aliphatic rings. The third-order valence-electron chi connectivity index (χ3n) is 1.62. The number of phenolic OH excluding ortho intramolecular Hbond substituents is 1. The molecule has 1 N–H and O–H groups in total. The first-order chi connectivity index (χ1) is 5.70. The van der Waals surface area contributed by atoms with Crippen LogP contribution in [0.2, 0.25) is 0 Å². The van der Waals surface area contributed by atoms with Crippen LogP contribution in [0.15, 0.2) is 26.5 Å². The van der Waals surface area contributed by atoms with Gasteiger partial charge < -0.3 is 5.11 Å². The Bertz CT molecular complexity index is 436. The highest BCUT2D eigenvalue weighted by Gasteiger charge is 2.08. The van der Waals surface area contributed by atoms with Crippen molar-refractivity contribution in [2.24, 2.45) is 0 Å². The van der Waals surface area contributed by atoms with E-state index in [2.05, 4.69) is 31.9 Å². The van der Waals surface area contributed by atoms with Gasteiger partial charge in [-0.3, -0.25) is 0 Å². The average Bonchev–Trinajstić information content (AvgIpc) is 2.48. The van der Waals surface area contributed by atoms with Crippen molar-refractivity contribution in [1.29, 1.82) is 0 Å². The van der Waals surface area contributed by atoms with E-state index in [-0.39, 0.29) is 0 Å². The third-order valence-corrected chi connectivity index (χ3v) is 4.06. The summed E-state index contributed by atoms with van der Waals surface area (Å²) in [7, 11) is 0. The summed E-state index contributed by atoms with van der Waals surface area (Å²) in [6.07, 6.45) is 0. The second-order valence-corrected chi connectivity index (χ2v) is 4.98. The van der Waals surface area contributed by atoms with Crippen molar-refractivity contribution in [1.82, 2.24) is 0 Å². The molecular weight excluding hydrogens is 304 g/mol. The van der Waals surface area contributed by atoms with Crippen LogP contribution in [0.5, 0.6) is 5.75 Å². The fourth-order valence-corrected chi connectivity index (χ4v) is 3.33. The quantitative estimate of drug-likeness (QED) is 0.776. The van der Waals surface area contributed by atoms with Crippen LogP contribution < -0.4 is 0 Å². The molecule has 62 valence electrons. The maximum atomic E-state index is 9.61. The highest BCUT2D eigenvalue weighted by molar-refractivity contribution is 9.11. The van der Waals surface area contributed by atoms with Gasteiger partial charge in [-0.05, 0) is 49.4 Å². The van der Waals surface area contributed by atoms with Crippen LogP contribution in [0.4, 0.5) is 0 Å². The first-order valence-corrected chi connectivity index (χ1v) is 5.71. The van der Waals surface area contributed by atoms with Gasteiger partial charge in [-0.1, -0.05) is 0 Å². The number of thiophene rings is 1. The molecule has 0 aliphatic heterocycles. The van der Waals surface area contributed by atoms with Gasteiger partial charge in [0.1, 0.15) is 5.75 Å². The van der Waals surface area contributed by atoms with E-state index in [1.165, 1.54) is 0 Å². The summed E-state index contributed by atoms with van der Waals surface area (Å²) in [6.45, 7) is 0. The minimum absolute atomic E-state index is 0.314. The molecule has 0 spiro atoms. The van der Waals surface area contributed by atoms with Crippen molar-refractivity contribution >= 4 is 53.3 Å². The number of phenols is 1. The summed E-state index contributed by atoms with van der Waals surface area (Å²) in [5.74, 6) is 0.314. The lowest BCUT2D eigenvalue weighted by Gasteiger charge is -2.00. The number of rotatable bonds is 0. The Labute approximate surface area is 90.3 Å². The molecule has 1 aromatic carbocycles. The van der Waals surface area contributed by atoms with Gasteiger partial charge in [0, 0.05) is 9.86 Å². The van der Waals surface area contributed by atoms with E-state index in [4.69, 9.17) is 0 Å². The number of benzene rings is 1. The third kappa shape index (κ3) is 1.18. The monoisotopic (exact) mass is 306 g/mol. The Hall–Kier alpha value is -0.0600. The minimum atomic E-state index is 0.314. The lowest BCUT2D eigenvalue weighted by Crippen LogP contribution is -1.71. The predicted molar refractivity (Wildman–Crippen MR) is 58.9 cm³/mol. The van der Waals surface area contributed by atoms with Gasteiger partial charge >= 0.3 is 0 Å². The largest absolute Gasteiger partial charge is 0.506 e. The van der Waals surface area contributed by atoms with E-state index in [9.17, 15) is 5.11 Å². The molecular formula is C8H4Br2OS. The van der Waals surface area contributed by atoms with Crippen LogP contribution in [0.1, 0.15) is 0 Å². The molecule has 1 nitrogen and oxygen atoms in total. The molecule has 1 heterocycles. The van der Waals surface area contributed by atoms with Crippen molar-refractivity contribution in [3.8, 4) is 5.75 Å². The number of aromatic hydroxyl groups is 1. The maximum absolute atomic E-state index is 9.61. The zero-order valence-electron chi connectivity index (χ0n) is 5.84. The molecule has 4 heteroatoms. The first kappa shape index (κ1) is 8.53.